The van der Waals surface area contributed by atoms with Crippen LogP contribution in [0.3, 0.4) is 0 Å². The van der Waals surface area contributed by atoms with E-state index in [0.717, 1.165) is 5.82 Å². The predicted octanol–water partition coefficient (Wildman–Crippen LogP) is 1.03. The normalized spacial score (nSPS) is 12.2. The van der Waals surface area contributed by atoms with Crippen molar-refractivity contribution in [1.29, 1.82) is 0 Å². The van der Waals surface area contributed by atoms with Gasteiger partial charge in [0.15, 0.2) is 5.03 Å². The van der Waals surface area contributed by atoms with Gasteiger partial charge in [-0.2, -0.15) is 5.10 Å². The molecular weight excluding hydrogens is 278 g/mol. The minimum atomic E-state index is -3.79. The maximum absolute atomic E-state index is 11.1. The fourth-order valence-corrected chi connectivity index (χ4v) is 2.21. The first-order chi connectivity index (χ1) is 8.38. The lowest BCUT2D eigenvalue weighted by Gasteiger charge is -2.09. The van der Waals surface area contributed by atoms with E-state index in [0.29, 0.717) is 6.54 Å². The van der Waals surface area contributed by atoms with Crippen LogP contribution in [0.5, 0.6) is 0 Å². The monoisotopic (exact) mass is 289 g/mol. The molecule has 9 heteroatoms. The summed E-state index contributed by atoms with van der Waals surface area (Å²) in [5.41, 5.74) is 0. The lowest BCUT2D eigenvalue weighted by Crippen LogP contribution is -2.11. The molecule has 0 fully saturated rings. The number of hydrogen-bond donors (Lipinski definition) is 0. The molecule has 2 rings (SSSR count). The van der Waals surface area contributed by atoms with E-state index in [9.17, 15) is 8.42 Å². The Bertz CT molecular complexity index is 645. The van der Waals surface area contributed by atoms with Crippen LogP contribution in [0.2, 0.25) is 0 Å². The summed E-state index contributed by atoms with van der Waals surface area (Å²) in [6.45, 7) is 4.36. The second-order valence-corrected chi connectivity index (χ2v) is 6.55. The van der Waals surface area contributed by atoms with Gasteiger partial charge in [0.05, 0.1) is 12.9 Å². The third-order valence-electron chi connectivity index (χ3n) is 2.32. The van der Waals surface area contributed by atoms with Crippen molar-refractivity contribution >= 4 is 19.7 Å². The molecule has 0 aliphatic heterocycles. The molecule has 0 aromatic carbocycles. The molecule has 0 aliphatic rings. The van der Waals surface area contributed by atoms with Crippen molar-refractivity contribution in [3.8, 4) is 0 Å². The molecule has 0 N–H and O–H groups in total. The molecule has 0 saturated heterocycles. The minimum Gasteiger partial charge on any atom is -0.328 e. The van der Waals surface area contributed by atoms with E-state index in [4.69, 9.17) is 10.7 Å². The van der Waals surface area contributed by atoms with Crippen LogP contribution in [0.15, 0.2) is 23.9 Å². The van der Waals surface area contributed by atoms with E-state index in [1.165, 1.54) is 18.9 Å². The third kappa shape index (κ3) is 2.70. The van der Waals surface area contributed by atoms with Crippen molar-refractivity contribution in [2.24, 2.45) is 0 Å². The number of nitrogens with zero attached hydrogens (tertiary/aromatic N) is 5. The zero-order valence-corrected chi connectivity index (χ0v) is 11.4. The van der Waals surface area contributed by atoms with Gasteiger partial charge in [0.1, 0.15) is 12.2 Å². The van der Waals surface area contributed by atoms with Gasteiger partial charge >= 0.3 is 0 Å². The zero-order chi connectivity index (χ0) is 13.3. The van der Waals surface area contributed by atoms with Gasteiger partial charge in [0.2, 0.25) is 0 Å². The van der Waals surface area contributed by atoms with Crippen molar-refractivity contribution in [2.75, 3.05) is 0 Å². The van der Waals surface area contributed by atoms with Crippen LogP contribution in [-0.2, 0) is 15.6 Å². The molecule has 0 aliphatic carbocycles. The van der Waals surface area contributed by atoms with Crippen LogP contribution in [0.1, 0.15) is 25.7 Å². The number of halogens is 1. The van der Waals surface area contributed by atoms with Gasteiger partial charge in [0.25, 0.3) is 9.05 Å². The summed E-state index contributed by atoms with van der Waals surface area (Å²) in [5, 5.41) is 3.93. The lowest BCUT2D eigenvalue weighted by atomic mass is 10.4. The molecule has 0 atom stereocenters. The highest BCUT2D eigenvalue weighted by atomic mass is 35.7. The topological polar surface area (TPSA) is 82.7 Å². The molecule has 0 bridgehead atoms. The quantitative estimate of drug-likeness (QED) is 0.785. The summed E-state index contributed by atoms with van der Waals surface area (Å²) in [7, 11) is 1.41. The maximum Gasteiger partial charge on any atom is 0.280 e. The zero-order valence-electron chi connectivity index (χ0n) is 9.86. The average molecular weight is 290 g/mol. The van der Waals surface area contributed by atoms with Crippen molar-refractivity contribution < 1.29 is 8.42 Å². The smallest absolute Gasteiger partial charge is 0.280 e. The number of rotatable bonds is 4. The Hall–Kier alpha value is -1.41. The van der Waals surface area contributed by atoms with Gasteiger partial charge in [-0.1, -0.05) is 0 Å². The Kier molecular flexibility index (Phi) is 3.40. The van der Waals surface area contributed by atoms with Gasteiger partial charge in [-0.15, -0.1) is 0 Å². The third-order valence-corrected chi connectivity index (χ3v) is 3.50. The van der Waals surface area contributed by atoms with Crippen LogP contribution in [-0.4, -0.2) is 32.7 Å². The van der Waals surface area contributed by atoms with Crippen LogP contribution in [0, 0.1) is 0 Å². The summed E-state index contributed by atoms with van der Waals surface area (Å²) in [6.07, 6.45) is 4.22. The first kappa shape index (κ1) is 13.0. The summed E-state index contributed by atoms with van der Waals surface area (Å²) in [6, 6.07) is 0.183. The van der Waals surface area contributed by atoms with Gasteiger partial charge in [-0.3, -0.25) is 0 Å². The van der Waals surface area contributed by atoms with E-state index in [1.54, 1.807) is 9.25 Å². The predicted molar refractivity (Wildman–Crippen MR) is 64.8 cm³/mol. The molecule has 0 radical (unpaired) electrons. The molecule has 2 aromatic rings. The molecule has 0 spiro atoms. The number of imidazole rings is 1. The van der Waals surface area contributed by atoms with Crippen LogP contribution < -0.4 is 0 Å². The van der Waals surface area contributed by atoms with E-state index in [1.807, 2.05) is 13.8 Å². The van der Waals surface area contributed by atoms with Gasteiger partial charge in [-0.05, 0) is 13.8 Å². The maximum atomic E-state index is 11.1. The van der Waals surface area contributed by atoms with Gasteiger partial charge in [0, 0.05) is 22.9 Å². The molecule has 7 nitrogen and oxygen atoms in total. The van der Waals surface area contributed by atoms with E-state index < -0.39 is 9.05 Å². The minimum absolute atomic E-state index is 0.167. The highest BCUT2D eigenvalue weighted by Gasteiger charge is 2.15. The van der Waals surface area contributed by atoms with Crippen molar-refractivity contribution in [2.45, 2.75) is 31.5 Å². The molecule has 0 amide bonds. The van der Waals surface area contributed by atoms with E-state index >= 15 is 0 Å². The second kappa shape index (κ2) is 4.69. The average Bonchev–Trinajstić information content (AvgIpc) is 2.85. The van der Waals surface area contributed by atoms with Crippen molar-refractivity contribution in [3.63, 3.8) is 0 Å². The van der Waals surface area contributed by atoms with E-state index in [-0.39, 0.29) is 11.1 Å². The first-order valence-corrected chi connectivity index (χ1v) is 7.53. The molecule has 18 heavy (non-hydrogen) atoms. The van der Waals surface area contributed by atoms with Crippen LogP contribution in [0.4, 0.5) is 0 Å². The van der Waals surface area contributed by atoms with Gasteiger partial charge < -0.3 is 4.57 Å². The Morgan fingerprint density at radius 3 is 2.67 bits per heavy atom. The molecular formula is C9H12ClN5O2S. The fourth-order valence-electron chi connectivity index (χ4n) is 1.53. The highest BCUT2D eigenvalue weighted by Crippen LogP contribution is 2.13. The highest BCUT2D eigenvalue weighted by molar-refractivity contribution is 8.13. The first-order valence-electron chi connectivity index (χ1n) is 5.22. The SMILES string of the molecule is CC(C)n1ncnc1Cn1cnc(S(=O)(=O)Cl)c1. The lowest BCUT2D eigenvalue weighted by molar-refractivity contribution is 0.496. The molecule has 0 saturated carbocycles. The molecule has 2 heterocycles. The van der Waals surface area contributed by atoms with Gasteiger partial charge in [-0.25, -0.2) is 23.1 Å². The van der Waals surface area contributed by atoms with E-state index in [2.05, 4.69) is 15.1 Å². The Labute approximate surface area is 109 Å². The number of aromatic nitrogens is 5. The standard InChI is InChI=1S/C9H12ClN5O2S/c1-7(2)15-8(11-5-13-15)3-14-4-9(12-6-14)18(10,16)17/h4-7H,3H2,1-2H3. The second-order valence-electron chi connectivity index (χ2n) is 4.04. The molecule has 0 unspecified atom stereocenters. The molecule has 98 valence electrons. The Morgan fingerprint density at radius 2 is 2.11 bits per heavy atom. The number of hydrogen-bond acceptors (Lipinski definition) is 5. The summed E-state index contributed by atoms with van der Waals surface area (Å²) in [4.78, 5) is 7.85. The van der Waals surface area contributed by atoms with Crippen LogP contribution >= 0.6 is 10.7 Å². The largest absolute Gasteiger partial charge is 0.328 e. The van der Waals surface area contributed by atoms with Crippen LogP contribution in [0.25, 0.3) is 0 Å². The van der Waals surface area contributed by atoms with Crippen molar-refractivity contribution in [3.05, 3.63) is 24.7 Å². The fraction of sp³-hybridized carbons (Fsp3) is 0.444. The molecule has 2 aromatic heterocycles. The Morgan fingerprint density at radius 1 is 1.39 bits per heavy atom. The summed E-state index contributed by atoms with van der Waals surface area (Å²) < 4.78 is 25.5. The summed E-state index contributed by atoms with van der Waals surface area (Å²) in [5.74, 6) is 0.723. The summed E-state index contributed by atoms with van der Waals surface area (Å²) >= 11 is 0. The van der Waals surface area contributed by atoms with Crippen molar-refractivity contribution in [1.82, 2.24) is 24.3 Å². The Balaban J connectivity index is 2.24.